The van der Waals surface area contributed by atoms with E-state index in [1.165, 1.54) is 38.5 Å². The molecule has 1 amide bonds. The maximum Gasteiger partial charge on any atom is 0.335 e. The third-order valence-electron chi connectivity index (χ3n) is 3.95. The minimum atomic E-state index is -0.935. The maximum atomic E-state index is 11.8. The lowest BCUT2D eigenvalue weighted by molar-refractivity contribution is -0.121. The molecule has 4 nitrogen and oxygen atoms in total. The molecule has 0 saturated carbocycles. The Morgan fingerprint density at radius 3 is 2.04 bits per heavy atom. The Labute approximate surface area is 139 Å². The molecule has 1 aromatic rings. The Bertz CT molecular complexity index is 468. The summed E-state index contributed by atoms with van der Waals surface area (Å²) in [7, 11) is 0. The van der Waals surface area contributed by atoms with Crippen molar-refractivity contribution in [1.29, 1.82) is 0 Å². The van der Waals surface area contributed by atoms with E-state index in [-0.39, 0.29) is 11.5 Å². The Kier molecular flexibility index (Phi) is 9.76. The molecule has 23 heavy (non-hydrogen) atoms. The number of unbranched alkanes of at least 4 members (excludes halogenated alkanes) is 7. The van der Waals surface area contributed by atoms with Crippen LogP contribution in [0.5, 0.6) is 0 Å². The summed E-state index contributed by atoms with van der Waals surface area (Å²) in [5.41, 5.74) is 1.18. The van der Waals surface area contributed by atoms with Crippen molar-refractivity contribution in [2.24, 2.45) is 0 Å². The maximum absolute atomic E-state index is 11.8. The van der Waals surface area contributed by atoms with Crippen LogP contribution in [0.4, 0.5) is 0 Å². The van der Waals surface area contributed by atoms with Crippen LogP contribution in [0.25, 0.3) is 0 Å². The summed E-state index contributed by atoms with van der Waals surface area (Å²) in [4.78, 5) is 22.5. The first-order chi connectivity index (χ1) is 11.1. The number of aromatic carboxylic acids is 1. The fraction of sp³-hybridized carbons (Fsp3) is 0.579. The van der Waals surface area contributed by atoms with E-state index in [9.17, 15) is 9.59 Å². The van der Waals surface area contributed by atoms with Crippen molar-refractivity contribution in [2.75, 3.05) is 0 Å². The topological polar surface area (TPSA) is 66.4 Å². The average molecular weight is 319 g/mol. The van der Waals surface area contributed by atoms with E-state index in [4.69, 9.17) is 5.11 Å². The number of rotatable bonds is 12. The molecule has 0 aliphatic carbocycles. The number of amides is 1. The van der Waals surface area contributed by atoms with Gasteiger partial charge in [-0.1, -0.05) is 64.0 Å². The van der Waals surface area contributed by atoms with Gasteiger partial charge >= 0.3 is 5.97 Å². The number of carbonyl (C=O) groups is 2. The van der Waals surface area contributed by atoms with E-state index in [1.54, 1.807) is 24.3 Å². The number of carboxylic acids is 1. The average Bonchev–Trinajstić information content (AvgIpc) is 2.55. The normalized spacial score (nSPS) is 10.5. The summed E-state index contributed by atoms with van der Waals surface area (Å²) in [6.45, 7) is 2.68. The lowest BCUT2D eigenvalue weighted by Gasteiger charge is -2.06. The molecule has 0 unspecified atom stereocenters. The number of hydrogen-bond donors (Lipinski definition) is 2. The zero-order chi connectivity index (χ0) is 16.9. The Hall–Kier alpha value is -1.84. The van der Waals surface area contributed by atoms with Crippen LogP contribution in [-0.4, -0.2) is 17.0 Å². The highest BCUT2D eigenvalue weighted by molar-refractivity contribution is 5.87. The fourth-order valence-corrected chi connectivity index (χ4v) is 2.47. The van der Waals surface area contributed by atoms with Gasteiger partial charge in [0.15, 0.2) is 0 Å². The summed E-state index contributed by atoms with van der Waals surface area (Å²) in [5, 5.41) is 11.7. The van der Waals surface area contributed by atoms with Crippen molar-refractivity contribution in [2.45, 2.75) is 71.3 Å². The molecule has 0 aliphatic heterocycles. The minimum absolute atomic E-state index is 0.0679. The summed E-state index contributed by atoms with van der Waals surface area (Å²) >= 11 is 0. The molecule has 4 heteroatoms. The molecule has 0 radical (unpaired) electrons. The third kappa shape index (κ3) is 9.01. The first-order valence-electron chi connectivity index (χ1n) is 8.72. The van der Waals surface area contributed by atoms with E-state index in [1.807, 2.05) is 0 Å². The number of nitrogens with one attached hydrogen (secondary N) is 1. The predicted molar refractivity (Wildman–Crippen MR) is 92.5 cm³/mol. The molecule has 0 heterocycles. The van der Waals surface area contributed by atoms with Gasteiger partial charge in [0.1, 0.15) is 0 Å². The highest BCUT2D eigenvalue weighted by Gasteiger charge is 2.04. The minimum Gasteiger partial charge on any atom is -0.478 e. The molecule has 0 bridgehead atoms. The summed E-state index contributed by atoms with van der Waals surface area (Å²) in [5.74, 6) is -0.867. The van der Waals surface area contributed by atoms with Gasteiger partial charge in [-0.3, -0.25) is 4.79 Å². The van der Waals surface area contributed by atoms with E-state index in [0.717, 1.165) is 18.4 Å². The van der Waals surface area contributed by atoms with Crippen molar-refractivity contribution in [3.8, 4) is 0 Å². The molecule has 1 rings (SSSR count). The van der Waals surface area contributed by atoms with Crippen molar-refractivity contribution in [1.82, 2.24) is 5.32 Å². The number of hydrogen-bond acceptors (Lipinski definition) is 2. The monoisotopic (exact) mass is 319 g/mol. The van der Waals surface area contributed by atoms with Crippen molar-refractivity contribution >= 4 is 11.9 Å². The standard InChI is InChI=1S/C19H29NO3/c1-2-3-4-5-6-7-8-9-10-18(21)20-15-16-11-13-17(14-12-16)19(22)23/h11-14H,2-10,15H2,1H3,(H,20,21)(H,22,23). The number of carbonyl (C=O) groups excluding carboxylic acids is 1. The quantitative estimate of drug-likeness (QED) is 0.556. The molecule has 0 spiro atoms. The Balaban J connectivity index is 2.07. The van der Waals surface area contributed by atoms with Gasteiger partial charge in [0.05, 0.1) is 5.56 Å². The number of carboxylic acid groups (broad SMARTS) is 1. The largest absolute Gasteiger partial charge is 0.478 e. The van der Waals surface area contributed by atoms with Crippen LogP contribution in [0.15, 0.2) is 24.3 Å². The zero-order valence-corrected chi connectivity index (χ0v) is 14.1. The molecule has 128 valence electrons. The lowest BCUT2D eigenvalue weighted by Crippen LogP contribution is -2.22. The van der Waals surface area contributed by atoms with Crippen LogP contribution in [0.1, 0.15) is 80.6 Å². The second-order valence-electron chi connectivity index (χ2n) is 6.00. The molecule has 0 aliphatic rings. The molecular formula is C19H29NO3. The van der Waals surface area contributed by atoms with Gasteiger partial charge in [0.2, 0.25) is 5.91 Å². The van der Waals surface area contributed by atoms with E-state index < -0.39 is 5.97 Å². The van der Waals surface area contributed by atoms with Crippen LogP contribution in [0.3, 0.4) is 0 Å². The first kappa shape index (κ1) is 19.2. The van der Waals surface area contributed by atoms with Crippen LogP contribution in [-0.2, 0) is 11.3 Å². The highest BCUT2D eigenvalue weighted by Crippen LogP contribution is 2.09. The molecule has 0 atom stereocenters. The molecule has 1 aromatic carbocycles. The highest BCUT2D eigenvalue weighted by atomic mass is 16.4. The SMILES string of the molecule is CCCCCCCCCCC(=O)NCc1ccc(C(=O)O)cc1. The lowest BCUT2D eigenvalue weighted by atomic mass is 10.1. The first-order valence-corrected chi connectivity index (χ1v) is 8.72. The van der Waals surface area contributed by atoms with Crippen LogP contribution in [0, 0.1) is 0 Å². The second-order valence-corrected chi connectivity index (χ2v) is 6.00. The van der Waals surface area contributed by atoms with Crippen molar-refractivity contribution in [3.05, 3.63) is 35.4 Å². The predicted octanol–water partition coefficient (Wildman–Crippen LogP) is 4.53. The molecular weight excluding hydrogens is 290 g/mol. The molecule has 0 aromatic heterocycles. The van der Waals surface area contributed by atoms with Crippen LogP contribution < -0.4 is 5.32 Å². The van der Waals surface area contributed by atoms with Gasteiger partial charge in [0, 0.05) is 13.0 Å². The van der Waals surface area contributed by atoms with Gasteiger partial charge in [0.25, 0.3) is 0 Å². The summed E-state index contributed by atoms with van der Waals surface area (Å²) in [6.07, 6.45) is 10.4. The van der Waals surface area contributed by atoms with E-state index in [2.05, 4.69) is 12.2 Å². The van der Waals surface area contributed by atoms with Gasteiger partial charge < -0.3 is 10.4 Å². The smallest absolute Gasteiger partial charge is 0.335 e. The molecule has 2 N–H and O–H groups in total. The van der Waals surface area contributed by atoms with E-state index >= 15 is 0 Å². The van der Waals surface area contributed by atoms with Gasteiger partial charge in [-0.15, -0.1) is 0 Å². The summed E-state index contributed by atoms with van der Waals surface area (Å²) in [6, 6.07) is 6.59. The van der Waals surface area contributed by atoms with Gasteiger partial charge in [-0.05, 0) is 24.1 Å². The summed E-state index contributed by atoms with van der Waals surface area (Å²) < 4.78 is 0. The van der Waals surface area contributed by atoms with Crippen LogP contribution >= 0.6 is 0 Å². The third-order valence-corrected chi connectivity index (χ3v) is 3.95. The molecule has 0 saturated heterocycles. The number of benzene rings is 1. The van der Waals surface area contributed by atoms with Crippen molar-refractivity contribution < 1.29 is 14.7 Å². The Morgan fingerprint density at radius 2 is 1.48 bits per heavy atom. The zero-order valence-electron chi connectivity index (χ0n) is 14.1. The van der Waals surface area contributed by atoms with Gasteiger partial charge in [-0.25, -0.2) is 4.79 Å². The van der Waals surface area contributed by atoms with E-state index in [0.29, 0.717) is 13.0 Å². The fourth-order valence-electron chi connectivity index (χ4n) is 2.47. The van der Waals surface area contributed by atoms with Crippen molar-refractivity contribution in [3.63, 3.8) is 0 Å². The second kappa shape index (κ2) is 11.7. The van der Waals surface area contributed by atoms with Gasteiger partial charge in [-0.2, -0.15) is 0 Å². The molecule has 0 fully saturated rings. The van der Waals surface area contributed by atoms with Crippen LogP contribution in [0.2, 0.25) is 0 Å². The Morgan fingerprint density at radius 1 is 0.913 bits per heavy atom.